The van der Waals surface area contributed by atoms with Crippen molar-refractivity contribution in [3.63, 3.8) is 0 Å². The lowest BCUT2D eigenvalue weighted by atomic mass is 10.1. The maximum Gasteiger partial charge on any atom is 0.265 e. The molecule has 0 fully saturated rings. The number of nitrogens with zero attached hydrogens (tertiary/aromatic N) is 3. The van der Waals surface area contributed by atoms with Crippen LogP contribution in [0.25, 0.3) is 11.0 Å². The lowest BCUT2D eigenvalue weighted by Crippen LogP contribution is -2.10. The molecule has 4 N–H and O–H groups in total. The quantitative estimate of drug-likeness (QED) is 0.218. The molecule has 0 aliphatic heterocycles. The topological polar surface area (TPSA) is 115 Å². The summed E-state index contributed by atoms with van der Waals surface area (Å²) < 4.78 is 6.14. The molecule has 0 saturated heterocycles. The van der Waals surface area contributed by atoms with Crippen molar-refractivity contribution in [2.75, 3.05) is 16.4 Å². The van der Waals surface area contributed by atoms with E-state index in [9.17, 15) is 4.79 Å². The highest BCUT2D eigenvalue weighted by Gasteiger charge is 2.14. The number of fused-ring (bicyclic) bond motifs is 1. The molecule has 0 aliphatic rings. The van der Waals surface area contributed by atoms with Crippen LogP contribution in [0.2, 0.25) is 0 Å². The number of hydrogen-bond acceptors (Lipinski definition) is 8. The van der Waals surface area contributed by atoms with E-state index in [4.69, 9.17) is 10.5 Å². The molecular weight excluding hydrogens is 472 g/mol. The first-order valence-electron chi connectivity index (χ1n) is 11.4. The first-order valence-corrected chi connectivity index (χ1v) is 12.3. The van der Waals surface area contributed by atoms with E-state index in [0.29, 0.717) is 44.9 Å². The molecule has 3 heterocycles. The zero-order chi connectivity index (χ0) is 25.1. The highest BCUT2D eigenvalue weighted by atomic mass is 32.1. The van der Waals surface area contributed by atoms with Gasteiger partial charge in [0.2, 0.25) is 0 Å². The molecule has 5 aromatic rings. The van der Waals surface area contributed by atoms with E-state index in [-0.39, 0.29) is 11.8 Å². The maximum atomic E-state index is 12.6. The summed E-state index contributed by atoms with van der Waals surface area (Å²) in [5, 5.41) is 8.93. The number of ether oxygens (including phenoxy) is 1. The summed E-state index contributed by atoms with van der Waals surface area (Å²) in [5.74, 6) is 1.85. The number of nitrogen functional groups attached to an aromatic ring is 1. The van der Waals surface area contributed by atoms with Crippen molar-refractivity contribution in [3.05, 3.63) is 89.0 Å². The van der Waals surface area contributed by atoms with Crippen molar-refractivity contribution in [1.29, 1.82) is 0 Å². The van der Waals surface area contributed by atoms with E-state index in [1.165, 1.54) is 17.7 Å². The molecule has 180 valence electrons. The van der Waals surface area contributed by atoms with Crippen LogP contribution < -0.4 is 21.1 Å². The molecule has 8 nitrogen and oxygen atoms in total. The predicted octanol–water partition coefficient (Wildman–Crippen LogP) is 6.58. The van der Waals surface area contributed by atoms with Gasteiger partial charge in [-0.3, -0.25) is 4.79 Å². The van der Waals surface area contributed by atoms with Crippen molar-refractivity contribution >= 4 is 51.2 Å². The molecule has 0 atom stereocenters. The summed E-state index contributed by atoms with van der Waals surface area (Å²) in [6.07, 6.45) is 1.48. The second-order valence-electron chi connectivity index (χ2n) is 8.42. The van der Waals surface area contributed by atoms with Crippen molar-refractivity contribution in [3.8, 4) is 11.5 Å². The van der Waals surface area contributed by atoms with E-state index >= 15 is 0 Å². The third-order valence-corrected chi connectivity index (χ3v) is 6.32. The SMILES string of the molecule is CC(C)c1ccc2c(Nc3cc(NC(=O)c4cccs4)ccc3Oc3ccc(N)cc3)ncnc2n1. The molecular formula is C27H24N6O2S. The normalized spacial score (nSPS) is 11.0. The monoisotopic (exact) mass is 496 g/mol. The van der Waals surface area contributed by atoms with Gasteiger partial charge in [-0.1, -0.05) is 19.9 Å². The van der Waals surface area contributed by atoms with Gasteiger partial charge in [0.1, 0.15) is 17.9 Å². The number of rotatable bonds is 7. The molecule has 0 aliphatic carbocycles. The summed E-state index contributed by atoms with van der Waals surface area (Å²) in [4.78, 5) is 26.7. The minimum Gasteiger partial charge on any atom is -0.455 e. The third-order valence-electron chi connectivity index (χ3n) is 5.45. The second-order valence-corrected chi connectivity index (χ2v) is 9.37. The number of carbonyl (C=O) groups excluding carboxylic acids is 1. The number of benzene rings is 2. The van der Waals surface area contributed by atoms with E-state index in [1.54, 1.807) is 42.5 Å². The van der Waals surface area contributed by atoms with Gasteiger partial charge in [-0.15, -0.1) is 11.3 Å². The Hall–Kier alpha value is -4.50. The van der Waals surface area contributed by atoms with Gasteiger partial charge >= 0.3 is 0 Å². The Balaban J connectivity index is 1.51. The number of anilines is 4. The number of carbonyl (C=O) groups is 1. The van der Waals surface area contributed by atoms with Crippen LogP contribution in [-0.4, -0.2) is 20.9 Å². The molecule has 36 heavy (non-hydrogen) atoms. The van der Waals surface area contributed by atoms with Crippen LogP contribution in [0.1, 0.15) is 35.1 Å². The van der Waals surface area contributed by atoms with E-state index in [2.05, 4.69) is 39.4 Å². The van der Waals surface area contributed by atoms with Crippen LogP contribution in [0.3, 0.4) is 0 Å². The molecule has 0 unspecified atom stereocenters. The van der Waals surface area contributed by atoms with Crippen molar-refractivity contribution < 1.29 is 9.53 Å². The minimum atomic E-state index is -0.180. The average Bonchev–Trinajstić information content (AvgIpc) is 3.42. The highest BCUT2D eigenvalue weighted by Crippen LogP contribution is 2.35. The van der Waals surface area contributed by atoms with Gasteiger partial charge in [-0.2, -0.15) is 0 Å². The number of nitrogens with one attached hydrogen (secondary N) is 2. The Morgan fingerprint density at radius 1 is 1.03 bits per heavy atom. The number of aromatic nitrogens is 3. The molecule has 0 saturated carbocycles. The Morgan fingerprint density at radius 3 is 2.61 bits per heavy atom. The minimum absolute atomic E-state index is 0.180. The van der Waals surface area contributed by atoms with Gasteiger partial charge in [0.05, 0.1) is 16.0 Å². The Bertz CT molecular complexity index is 1520. The number of amides is 1. The lowest BCUT2D eigenvalue weighted by molar-refractivity contribution is 0.103. The molecule has 9 heteroatoms. The van der Waals surface area contributed by atoms with E-state index in [1.807, 2.05) is 29.6 Å². The Kier molecular flexibility index (Phi) is 6.46. The maximum absolute atomic E-state index is 12.6. The Labute approximate surface area is 212 Å². The van der Waals surface area contributed by atoms with Crippen LogP contribution in [0, 0.1) is 0 Å². The molecule has 0 radical (unpaired) electrons. The third kappa shape index (κ3) is 5.11. The smallest absolute Gasteiger partial charge is 0.265 e. The number of pyridine rings is 1. The zero-order valence-corrected chi connectivity index (χ0v) is 20.5. The van der Waals surface area contributed by atoms with Crippen molar-refractivity contribution in [2.45, 2.75) is 19.8 Å². The Morgan fingerprint density at radius 2 is 1.86 bits per heavy atom. The van der Waals surface area contributed by atoms with Crippen LogP contribution in [0.4, 0.5) is 22.9 Å². The van der Waals surface area contributed by atoms with Gasteiger partial charge in [0.25, 0.3) is 5.91 Å². The molecule has 5 rings (SSSR count). The molecule has 2 aromatic carbocycles. The predicted molar refractivity (Wildman–Crippen MR) is 144 cm³/mol. The number of hydrogen-bond donors (Lipinski definition) is 3. The number of nitrogens with two attached hydrogens (primary N) is 1. The van der Waals surface area contributed by atoms with Gasteiger partial charge in [0.15, 0.2) is 11.4 Å². The largest absolute Gasteiger partial charge is 0.455 e. The second kappa shape index (κ2) is 10.0. The average molecular weight is 497 g/mol. The summed E-state index contributed by atoms with van der Waals surface area (Å²) in [7, 11) is 0. The van der Waals surface area contributed by atoms with Crippen LogP contribution in [0.5, 0.6) is 11.5 Å². The molecule has 1 amide bonds. The summed E-state index contributed by atoms with van der Waals surface area (Å²) in [6.45, 7) is 4.18. The fraction of sp³-hybridized carbons (Fsp3) is 0.111. The van der Waals surface area contributed by atoms with Gasteiger partial charge in [0, 0.05) is 17.1 Å². The van der Waals surface area contributed by atoms with Crippen LogP contribution in [0.15, 0.2) is 78.4 Å². The van der Waals surface area contributed by atoms with Crippen LogP contribution >= 0.6 is 11.3 Å². The van der Waals surface area contributed by atoms with Gasteiger partial charge in [-0.25, -0.2) is 15.0 Å². The molecule has 0 spiro atoms. The molecule has 3 aromatic heterocycles. The summed E-state index contributed by atoms with van der Waals surface area (Å²) in [5.41, 5.74) is 9.24. The number of thiophene rings is 1. The van der Waals surface area contributed by atoms with Gasteiger partial charge in [-0.05, 0) is 72.0 Å². The molecule has 0 bridgehead atoms. The zero-order valence-electron chi connectivity index (χ0n) is 19.7. The van der Waals surface area contributed by atoms with E-state index in [0.717, 1.165) is 11.1 Å². The summed E-state index contributed by atoms with van der Waals surface area (Å²) in [6, 6.07) is 20.1. The van der Waals surface area contributed by atoms with Crippen molar-refractivity contribution in [2.24, 2.45) is 0 Å². The van der Waals surface area contributed by atoms with Crippen LogP contribution in [-0.2, 0) is 0 Å². The van der Waals surface area contributed by atoms with Gasteiger partial charge < -0.3 is 21.1 Å². The first kappa shape index (κ1) is 23.3. The fourth-order valence-electron chi connectivity index (χ4n) is 3.56. The standard InChI is InChI=1S/C27H24N6O2S/c1-16(2)21-11-10-20-25(32-21)29-15-30-26(20)33-22-14-18(31-27(34)24-4-3-13-36-24)7-12-23(22)35-19-8-5-17(28)6-9-19/h3-16H,28H2,1-2H3,(H,31,34)(H,29,30,32,33). The van der Waals surface area contributed by atoms with Crippen molar-refractivity contribution in [1.82, 2.24) is 15.0 Å². The van der Waals surface area contributed by atoms with E-state index < -0.39 is 0 Å². The summed E-state index contributed by atoms with van der Waals surface area (Å²) >= 11 is 1.38. The first-order chi connectivity index (χ1) is 17.5. The lowest BCUT2D eigenvalue weighted by Gasteiger charge is -2.16. The highest BCUT2D eigenvalue weighted by molar-refractivity contribution is 7.12. The fourth-order valence-corrected chi connectivity index (χ4v) is 4.18.